The van der Waals surface area contributed by atoms with E-state index in [1.54, 1.807) is 0 Å². The molecule has 0 spiro atoms. The largest absolute Gasteiger partial charge is 0.472 e. The molecule has 0 saturated carbocycles. The van der Waals surface area contributed by atoms with E-state index in [1.807, 2.05) is 0 Å². The van der Waals surface area contributed by atoms with Crippen molar-refractivity contribution in [3.05, 3.63) is 0 Å². The van der Waals surface area contributed by atoms with Crippen LogP contribution in [-0.4, -0.2) is 96.7 Å². The van der Waals surface area contributed by atoms with Gasteiger partial charge in [0.1, 0.15) is 19.3 Å². The van der Waals surface area contributed by atoms with E-state index in [2.05, 4.69) is 48.5 Å². The maximum absolute atomic E-state index is 13.1. The molecule has 93 heavy (non-hydrogen) atoms. The minimum atomic E-state index is -4.96. The molecule has 0 aliphatic rings. The summed E-state index contributed by atoms with van der Waals surface area (Å²) in [5.74, 6) is 0.170. The highest BCUT2D eigenvalue weighted by Crippen LogP contribution is 2.45. The van der Waals surface area contributed by atoms with Gasteiger partial charge in [-0.2, -0.15) is 0 Å². The van der Waals surface area contributed by atoms with Crippen molar-refractivity contribution in [1.29, 1.82) is 0 Å². The Morgan fingerprint density at radius 2 is 0.548 bits per heavy atom. The van der Waals surface area contributed by atoms with E-state index in [-0.39, 0.29) is 25.7 Å². The number of hydrogen-bond donors (Lipinski definition) is 3. The fourth-order valence-corrected chi connectivity index (χ4v) is 12.8. The van der Waals surface area contributed by atoms with E-state index in [0.29, 0.717) is 25.7 Å². The number of unbranched alkanes of at least 4 members (excludes halogenated alkanes) is 39. The topological polar surface area (TPSA) is 237 Å². The van der Waals surface area contributed by atoms with Gasteiger partial charge in [0.2, 0.25) is 0 Å². The fraction of sp³-hybridized carbons (Fsp3) is 0.946. The van der Waals surface area contributed by atoms with Gasteiger partial charge in [-0.15, -0.1) is 0 Å². The number of hydrogen-bond acceptors (Lipinski definition) is 15. The number of carbonyl (C=O) groups is 4. The maximum Gasteiger partial charge on any atom is 0.472 e. The average Bonchev–Trinajstić information content (AvgIpc) is 2.63. The number of carbonyl (C=O) groups excluding carboxylic acids is 4. The standard InChI is InChI=1S/C74H144O17P2/c1-8-10-11-12-13-14-15-16-24-29-34-43-50-57-74(79)91-70(62-85-72(77)56-49-42-37-36-40-47-54-67(7)9-2)64-89-93(82,83)87-60-68(75)59-86-92(80,81)88-63-69(90-73(78)58-51-44-35-30-25-20-18-22-27-32-39-46-53-66(5)6)61-84-71(76)55-48-41-33-28-23-19-17-21-26-31-38-45-52-65(3)4/h65-70,75H,8-64H2,1-7H3,(H,80,81)(H,82,83)/t67?,68-,69-,70-/m1/s1. The van der Waals surface area contributed by atoms with E-state index in [9.17, 15) is 43.2 Å². The van der Waals surface area contributed by atoms with Crippen LogP contribution in [0.4, 0.5) is 0 Å². The lowest BCUT2D eigenvalue weighted by Gasteiger charge is -2.21. The molecule has 0 aliphatic carbocycles. The van der Waals surface area contributed by atoms with Crippen molar-refractivity contribution in [2.24, 2.45) is 17.8 Å². The summed E-state index contributed by atoms with van der Waals surface area (Å²) in [7, 11) is -9.91. The summed E-state index contributed by atoms with van der Waals surface area (Å²) in [6, 6.07) is 0. The predicted molar refractivity (Wildman–Crippen MR) is 377 cm³/mol. The Bertz CT molecular complexity index is 1820. The molecule has 0 aromatic carbocycles. The Kier molecular flexibility index (Phi) is 63.4. The first-order chi connectivity index (χ1) is 44.8. The Morgan fingerprint density at radius 3 is 0.817 bits per heavy atom. The van der Waals surface area contributed by atoms with Crippen molar-refractivity contribution in [2.75, 3.05) is 39.6 Å². The first-order valence-electron chi connectivity index (χ1n) is 38.4. The lowest BCUT2D eigenvalue weighted by molar-refractivity contribution is -0.161. The van der Waals surface area contributed by atoms with Crippen LogP contribution in [0.5, 0.6) is 0 Å². The zero-order chi connectivity index (χ0) is 68.7. The number of aliphatic hydroxyl groups excluding tert-OH is 1. The quantitative estimate of drug-likeness (QED) is 0.0222. The molecule has 6 atom stereocenters. The van der Waals surface area contributed by atoms with Gasteiger partial charge in [-0.05, 0) is 43.4 Å². The highest BCUT2D eigenvalue weighted by Gasteiger charge is 2.30. The van der Waals surface area contributed by atoms with Gasteiger partial charge in [0.05, 0.1) is 26.4 Å². The predicted octanol–water partition coefficient (Wildman–Crippen LogP) is 21.4. The SMILES string of the molecule is CCCCCCCCCCCCCCCC(=O)O[C@H](COC(=O)CCCCCCCCC(C)CC)COP(=O)(O)OC[C@H](O)COP(=O)(O)OC[C@@H](COC(=O)CCCCCCCCCCCCCCC(C)C)OC(=O)CCCCCCCCCCCCCCC(C)C. The molecule has 0 amide bonds. The third-order valence-electron chi connectivity index (χ3n) is 17.5. The molecule has 552 valence electrons. The summed E-state index contributed by atoms with van der Waals surface area (Å²) in [5, 5.41) is 10.6. The molecule has 0 fully saturated rings. The van der Waals surface area contributed by atoms with E-state index in [1.165, 1.54) is 180 Å². The van der Waals surface area contributed by atoms with Crippen LogP contribution in [0.2, 0.25) is 0 Å². The normalized spacial score (nSPS) is 14.4. The first-order valence-corrected chi connectivity index (χ1v) is 41.4. The van der Waals surface area contributed by atoms with Crippen molar-refractivity contribution in [3.8, 4) is 0 Å². The zero-order valence-electron chi connectivity index (χ0n) is 60.7. The van der Waals surface area contributed by atoms with Gasteiger partial charge in [0.25, 0.3) is 0 Å². The number of aliphatic hydroxyl groups is 1. The molecule has 0 saturated heterocycles. The number of rotatable bonds is 72. The number of esters is 4. The smallest absolute Gasteiger partial charge is 0.462 e. The number of phosphoric acid groups is 2. The molecule has 0 aliphatic heterocycles. The van der Waals surface area contributed by atoms with E-state index in [4.69, 9.17) is 37.0 Å². The number of ether oxygens (including phenoxy) is 4. The van der Waals surface area contributed by atoms with Crippen molar-refractivity contribution >= 4 is 39.5 Å². The summed E-state index contributed by atoms with van der Waals surface area (Å²) in [4.78, 5) is 72.7. The molecular formula is C74H144O17P2. The molecule has 19 heteroatoms. The van der Waals surface area contributed by atoms with Crippen LogP contribution in [0.3, 0.4) is 0 Å². The van der Waals surface area contributed by atoms with Crippen LogP contribution in [0.1, 0.15) is 376 Å². The zero-order valence-corrected chi connectivity index (χ0v) is 62.5. The highest BCUT2D eigenvalue weighted by molar-refractivity contribution is 7.47. The Labute approximate surface area is 568 Å². The van der Waals surface area contributed by atoms with E-state index < -0.39 is 97.5 Å². The van der Waals surface area contributed by atoms with Gasteiger partial charge in [0, 0.05) is 25.7 Å². The third kappa shape index (κ3) is 67.0. The minimum Gasteiger partial charge on any atom is -0.462 e. The van der Waals surface area contributed by atoms with Gasteiger partial charge >= 0.3 is 39.5 Å². The molecular weight excluding hydrogens is 1220 g/mol. The minimum absolute atomic E-state index is 0.106. The summed E-state index contributed by atoms with van der Waals surface area (Å²) < 4.78 is 68.5. The molecule has 0 bridgehead atoms. The summed E-state index contributed by atoms with van der Waals surface area (Å²) >= 11 is 0. The Morgan fingerprint density at radius 1 is 0.312 bits per heavy atom. The van der Waals surface area contributed by atoms with Crippen LogP contribution in [0.15, 0.2) is 0 Å². The molecule has 0 radical (unpaired) electrons. The summed E-state index contributed by atoms with van der Waals surface area (Å²) in [5.41, 5.74) is 0. The summed E-state index contributed by atoms with van der Waals surface area (Å²) in [6.07, 6.45) is 49.8. The van der Waals surface area contributed by atoms with Crippen molar-refractivity contribution in [1.82, 2.24) is 0 Å². The first kappa shape index (κ1) is 91.1. The van der Waals surface area contributed by atoms with Crippen molar-refractivity contribution in [3.63, 3.8) is 0 Å². The second-order valence-corrected chi connectivity index (χ2v) is 30.8. The number of phosphoric ester groups is 2. The van der Waals surface area contributed by atoms with E-state index in [0.717, 1.165) is 114 Å². The molecule has 3 unspecified atom stereocenters. The monoisotopic (exact) mass is 1370 g/mol. The van der Waals surface area contributed by atoms with Crippen LogP contribution >= 0.6 is 15.6 Å². The molecule has 0 aromatic rings. The average molecular weight is 1370 g/mol. The molecule has 0 heterocycles. The highest BCUT2D eigenvalue weighted by atomic mass is 31.2. The molecule has 0 aromatic heterocycles. The Balaban J connectivity index is 5.26. The van der Waals surface area contributed by atoms with Gasteiger partial charge in [0.15, 0.2) is 12.2 Å². The molecule has 3 N–H and O–H groups in total. The maximum atomic E-state index is 13.1. The second-order valence-electron chi connectivity index (χ2n) is 27.9. The second kappa shape index (κ2) is 64.7. The van der Waals surface area contributed by atoms with Gasteiger partial charge < -0.3 is 33.8 Å². The van der Waals surface area contributed by atoms with Crippen molar-refractivity contribution in [2.45, 2.75) is 394 Å². The van der Waals surface area contributed by atoms with Gasteiger partial charge in [-0.1, -0.05) is 325 Å². The van der Waals surface area contributed by atoms with Crippen LogP contribution < -0.4 is 0 Å². The van der Waals surface area contributed by atoms with Crippen LogP contribution in [0.25, 0.3) is 0 Å². The fourth-order valence-electron chi connectivity index (χ4n) is 11.2. The lowest BCUT2D eigenvalue weighted by Crippen LogP contribution is -2.30. The van der Waals surface area contributed by atoms with Crippen LogP contribution in [-0.2, 0) is 65.4 Å². The summed E-state index contributed by atoms with van der Waals surface area (Å²) in [6.45, 7) is 11.9. The Hall–Kier alpha value is -1.94. The van der Waals surface area contributed by atoms with Crippen molar-refractivity contribution < 1.29 is 80.2 Å². The molecule has 0 rings (SSSR count). The molecule has 17 nitrogen and oxygen atoms in total. The van der Waals surface area contributed by atoms with Crippen LogP contribution in [0, 0.1) is 17.8 Å². The van der Waals surface area contributed by atoms with Gasteiger partial charge in [-0.3, -0.25) is 37.3 Å². The lowest BCUT2D eigenvalue weighted by atomic mass is 10.00. The van der Waals surface area contributed by atoms with E-state index >= 15 is 0 Å². The van der Waals surface area contributed by atoms with Gasteiger partial charge in [-0.25, -0.2) is 9.13 Å². The third-order valence-corrected chi connectivity index (χ3v) is 19.4.